The molecule has 1 saturated heterocycles. The van der Waals surface area contributed by atoms with Gasteiger partial charge in [-0.3, -0.25) is 0 Å². The number of hydrogen-bond acceptors (Lipinski definition) is 3. The van der Waals surface area contributed by atoms with Crippen molar-refractivity contribution < 1.29 is 8.42 Å². The van der Waals surface area contributed by atoms with Crippen molar-refractivity contribution in [1.82, 2.24) is 9.62 Å². The van der Waals surface area contributed by atoms with Crippen LogP contribution >= 0.6 is 0 Å². The van der Waals surface area contributed by atoms with Gasteiger partial charge in [-0.1, -0.05) is 6.42 Å². The molecule has 0 radical (unpaired) electrons. The number of rotatable bonds is 4. The third-order valence-corrected chi connectivity index (χ3v) is 4.56. The number of hydrogen-bond donors (Lipinski definition) is 1. The lowest BCUT2D eigenvalue weighted by molar-refractivity contribution is 0.390. The number of sulfonamides is 1. The summed E-state index contributed by atoms with van der Waals surface area (Å²) in [5.74, 6) is 0.262. The van der Waals surface area contributed by atoms with Crippen LogP contribution < -0.4 is 5.32 Å². The van der Waals surface area contributed by atoms with Crippen LogP contribution in [0.25, 0.3) is 0 Å². The average Bonchev–Trinajstić information content (AvgIpc) is 2.16. The van der Waals surface area contributed by atoms with Crippen molar-refractivity contribution in [3.63, 3.8) is 0 Å². The third kappa shape index (κ3) is 3.55. The lowest BCUT2D eigenvalue weighted by Gasteiger charge is -2.23. The monoisotopic (exact) mass is 220 g/mol. The van der Waals surface area contributed by atoms with Crippen LogP contribution in [0.2, 0.25) is 0 Å². The van der Waals surface area contributed by atoms with E-state index in [-0.39, 0.29) is 5.75 Å². The van der Waals surface area contributed by atoms with E-state index in [1.165, 1.54) is 17.1 Å². The summed E-state index contributed by atoms with van der Waals surface area (Å²) in [4.78, 5) is 0. The van der Waals surface area contributed by atoms with Gasteiger partial charge in [0, 0.05) is 20.1 Å². The van der Waals surface area contributed by atoms with Crippen molar-refractivity contribution in [2.24, 2.45) is 0 Å². The zero-order valence-electron chi connectivity index (χ0n) is 8.99. The fourth-order valence-electron chi connectivity index (χ4n) is 1.64. The second-order valence-corrected chi connectivity index (χ2v) is 6.34. The predicted molar refractivity (Wildman–Crippen MR) is 57.7 cm³/mol. The third-order valence-electron chi connectivity index (χ3n) is 2.69. The highest BCUT2D eigenvalue weighted by molar-refractivity contribution is 7.89. The molecule has 0 bridgehead atoms. The summed E-state index contributed by atoms with van der Waals surface area (Å²) in [6.07, 6.45) is 4.29. The predicted octanol–water partition coefficient (Wildman–Crippen LogP) is 0.410. The maximum absolute atomic E-state index is 11.5. The van der Waals surface area contributed by atoms with Crippen LogP contribution in [0.15, 0.2) is 0 Å². The first-order valence-corrected chi connectivity index (χ1v) is 6.77. The van der Waals surface area contributed by atoms with Gasteiger partial charge in [0.2, 0.25) is 10.0 Å². The minimum atomic E-state index is -3.00. The first kappa shape index (κ1) is 11.9. The van der Waals surface area contributed by atoms with Crippen LogP contribution in [0.1, 0.15) is 25.7 Å². The maximum Gasteiger partial charge on any atom is 0.213 e. The minimum absolute atomic E-state index is 0.262. The molecule has 0 spiro atoms. The van der Waals surface area contributed by atoms with Crippen LogP contribution in [0.5, 0.6) is 0 Å². The average molecular weight is 220 g/mol. The van der Waals surface area contributed by atoms with Gasteiger partial charge in [0.25, 0.3) is 0 Å². The molecule has 1 fully saturated rings. The summed E-state index contributed by atoms with van der Waals surface area (Å²) in [6, 6.07) is 0.401. The van der Waals surface area contributed by atoms with Gasteiger partial charge in [-0.2, -0.15) is 0 Å². The second kappa shape index (κ2) is 5.09. The highest BCUT2D eigenvalue weighted by Crippen LogP contribution is 2.11. The van der Waals surface area contributed by atoms with Crippen molar-refractivity contribution in [3.8, 4) is 0 Å². The zero-order chi connectivity index (χ0) is 10.6. The molecule has 84 valence electrons. The van der Waals surface area contributed by atoms with Gasteiger partial charge in [-0.25, -0.2) is 12.7 Å². The normalized spacial score (nSPS) is 24.1. The molecular formula is C9H20N2O2S. The highest BCUT2D eigenvalue weighted by atomic mass is 32.2. The Bertz CT molecular complexity index is 256. The van der Waals surface area contributed by atoms with Crippen molar-refractivity contribution >= 4 is 10.0 Å². The van der Waals surface area contributed by atoms with Crippen molar-refractivity contribution in [2.45, 2.75) is 31.7 Å². The molecule has 0 aliphatic carbocycles. The summed E-state index contributed by atoms with van der Waals surface area (Å²) in [6.45, 7) is 1.03. The van der Waals surface area contributed by atoms with Crippen molar-refractivity contribution in [3.05, 3.63) is 0 Å². The molecule has 1 unspecified atom stereocenters. The molecule has 0 saturated carbocycles. The van der Waals surface area contributed by atoms with Crippen LogP contribution in [-0.4, -0.2) is 45.2 Å². The number of nitrogens with zero attached hydrogens (tertiary/aromatic N) is 1. The van der Waals surface area contributed by atoms with Crippen LogP contribution in [-0.2, 0) is 10.0 Å². The molecule has 0 aromatic carbocycles. The van der Waals surface area contributed by atoms with E-state index in [1.54, 1.807) is 14.1 Å². The Balaban J connectivity index is 2.32. The molecule has 0 aromatic heterocycles. The molecule has 14 heavy (non-hydrogen) atoms. The molecule has 1 aliphatic heterocycles. The van der Waals surface area contributed by atoms with E-state index in [1.807, 2.05) is 0 Å². The Morgan fingerprint density at radius 2 is 2.07 bits per heavy atom. The van der Waals surface area contributed by atoms with Crippen LogP contribution in [0.3, 0.4) is 0 Å². The fourth-order valence-corrected chi connectivity index (χ4v) is 2.59. The molecule has 5 heteroatoms. The summed E-state index contributed by atoms with van der Waals surface area (Å²) in [7, 11) is 0.170. The molecule has 0 aromatic rings. The summed E-state index contributed by atoms with van der Waals surface area (Å²) in [5, 5.41) is 3.35. The SMILES string of the molecule is CN(C)S(=O)(=O)CCC1CCCCN1. The quantitative estimate of drug-likeness (QED) is 0.746. The summed E-state index contributed by atoms with van der Waals surface area (Å²) >= 11 is 0. The van der Waals surface area contributed by atoms with E-state index < -0.39 is 10.0 Å². The van der Waals surface area contributed by atoms with Crippen LogP contribution in [0, 0.1) is 0 Å². The van der Waals surface area contributed by atoms with E-state index >= 15 is 0 Å². The highest BCUT2D eigenvalue weighted by Gasteiger charge is 2.18. The van der Waals surface area contributed by atoms with Gasteiger partial charge >= 0.3 is 0 Å². The minimum Gasteiger partial charge on any atom is -0.314 e. The summed E-state index contributed by atoms with van der Waals surface area (Å²) in [5.41, 5.74) is 0. The molecule has 4 nitrogen and oxygen atoms in total. The van der Waals surface area contributed by atoms with E-state index in [4.69, 9.17) is 0 Å². The largest absolute Gasteiger partial charge is 0.314 e. The fraction of sp³-hybridized carbons (Fsp3) is 1.00. The molecule has 1 heterocycles. The van der Waals surface area contributed by atoms with Crippen molar-refractivity contribution in [2.75, 3.05) is 26.4 Å². The molecular weight excluding hydrogens is 200 g/mol. The van der Waals surface area contributed by atoms with Gasteiger partial charge in [-0.15, -0.1) is 0 Å². The van der Waals surface area contributed by atoms with Gasteiger partial charge in [0.15, 0.2) is 0 Å². The summed E-state index contributed by atoms with van der Waals surface area (Å²) < 4.78 is 24.2. The Labute approximate surface area is 86.7 Å². The Morgan fingerprint density at radius 3 is 2.57 bits per heavy atom. The lowest BCUT2D eigenvalue weighted by atomic mass is 10.0. The van der Waals surface area contributed by atoms with Crippen molar-refractivity contribution in [1.29, 1.82) is 0 Å². The van der Waals surface area contributed by atoms with E-state index in [0.29, 0.717) is 6.04 Å². The lowest BCUT2D eigenvalue weighted by Crippen LogP contribution is -2.36. The molecule has 1 aliphatic rings. The van der Waals surface area contributed by atoms with E-state index in [9.17, 15) is 8.42 Å². The molecule has 1 atom stereocenters. The van der Waals surface area contributed by atoms with Gasteiger partial charge in [0.05, 0.1) is 5.75 Å². The van der Waals surface area contributed by atoms with E-state index in [2.05, 4.69) is 5.32 Å². The molecule has 1 rings (SSSR count). The van der Waals surface area contributed by atoms with Crippen LogP contribution in [0.4, 0.5) is 0 Å². The zero-order valence-corrected chi connectivity index (χ0v) is 9.81. The standard InChI is InChI=1S/C9H20N2O2S/c1-11(2)14(12,13)8-6-9-5-3-4-7-10-9/h9-10H,3-8H2,1-2H3. The Kier molecular flexibility index (Phi) is 4.34. The molecule has 1 N–H and O–H groups in total. The number of piperidine rings is 1. The smallest absolute Gasteiger partial charge is 0.213 e. The first-order valence-electron chi connectivity index (χ1n) is 5.16. The van der Waals surface area contributed by atoms with Gasteiger partial charge in [-0.05, 0) is 25.8 Å². The topological polar surface area (TPSA) is 49.4 Å². The second-order valence-electron chi connectivity index (χ2n) is 4.03. The van der Waals surface area contributed by atoms with Gasteiger partial charge in [0.1, 0.15) is 0 Å². The first-order chi connectivity index (χ1) is 6.52. The molecule has 0 amide bonds. The van der Waals surface area contributed by atoms with E-state index in [0.717, 1.165) is 19.4 Å². The Morgan fingerprint density at radius 1 is 1.36 bits per heavy atom. The number of nitrogens with one attached hydrogen (secondary N) is 1. The maximum atomic E-state index is 11.5. The Hall–Kier alpha value is -0.130. The van der Waals surface area contributed by atoms with Gasteiger partial charge < -0.3 is 5.32 Å².